The number of allylic oxidation sites excluding steroid dienone is 4. The van der Waals surface area contributed by atoms with Crippen LogP contribution in [-0.2, 0) is 38.8 Å². The van der Waals surface area contributed by atoms with Crippen LogP contribution in [0.5, 0.6) is 0 Å². The Labute approximate surface area is 222 Å². The Morgan fingerprint density at radius 1 is 0.618 bits per heavy atom. The van der Waals surface area contributed by atoms with E-state index in [4.69, 9.17) is 14.9 Å². The van der Waals surface area contributed by atoms with E-state index in [1.54, 1.807) is 6.26 Å². The molecule has 0 aliphatic heterocycles. The standard InChI is InChI=1S/C18H15P.C5H6OS.C5H5.NO.Re/c1-4-10-16(11-5-1)19(17-12-6-2-7-13-17)18-14-8-3-9-15-18;7-4-5-2-1-3-6-5;1-2-4-5-3-1;1-2;/h1-15H;1-3,7H,4H2;1-5H;;/q;;;-1;/p-1. The van der Waals surface area contributed by atoms with Gasteiger partial charge in [0.1, 0.15) is 0 Å². The molecule has 5 rings (SSSR count). The van der Waals surface area contributed by atoms with Crippen molar-refractivity contribution in [3.8, 4) is 0 Å². The summed E-state index contributed by atoms with van der Waals surface area (Å²) < 4.78 is 4.88. The molecule has 0 fully saturated rings. The van der Waals surface area contributed by atoms with Crippen LogP contribution < -0.4 is 15.9 Å². The minimum atomic E-state index is -0.446. The number of rotatable bonds is 4. The summed E-state index contributed by atoms with van der Waals surface area (Å²) in [6.07, 6.45) is 11.6. The van der Waals surface area contributed by atoms with E-state index < -0.39 is 7.92 Å². The molecule has 2 radical (unpaired) electrons. The van der Waals surface area contributed by atoms with Gasteiger partial charge in [-0.05, 0) is 36.0 Å². The number of hydrogen-bond donors (Lipinski definition) is 0. The van der Waals surface area contributed by atoms with Crippen molar-refractivity contribution < 1.29 is 24.8 Å². The van der Waals surface area contributed by atoms with Crippen LogP contribution in [0.3, 0.4) is 0 Å². The Bertz CT molecular complexity index is 956. The van der Waals surface area contributed by atoms with Crippen molar-refractivity contribution in [2.24, 2.45) is 0 Å². The molecule has 174 valence electrons. The molecular weight excluding hydrogens is 632 g/mol. The monoisotopic (exact) mass is 657 g/mol. The molecule has 0 atom stereocenters. The first-order valence-corrected chi connectivity index (χ1v) is 12.2. The van der Waals surface area contributed by atoms with Gasteiger partial charge in [-0.3, -0.25) is 0 Å². The fraction of sp³-hybridized carbons (Fsp3) is 0.0357. The Hall–Kier alpha value is -2.54. The van der Waals surface area contributed by atoms with Gasteiger partial charge in [0.2, 0.25) is 0 Å². The second kappa shape index (κ2) is 18.8. The number of nitrogens with zero attached hydrogens (tertiary/aromatic N) is 1. The molecule has 3 nitrogen and oxygen atoms in total. The van der Waals surface area contributed by atoms with E-state index in [0.717, 1.165) is 5.76 Å². The molecule has 3 aromatic carbocycles. The Morgan fingerprint density at radius 2 is 1.03 bits per heavy atom. The minimum absolute atomic E-state index is 0. The molecule has 1 aromatic heterocycles. The molecule has 1 aliphatic rings. The molecule has 4 aromatic rings. The summed E-state index contributed by atoms with van der Waals surface area (Å²) in [4.78, 5) is 7.25. The minimum Gasteiger partial charge on any atom is -0.785 e. The van der Waals surface area contributed by atoms with Crippen molar-refractivity contribution in [2.45, 2.75) is 5.75 Å². The van der Waals surface area contributed by atoms with Crippen molar-refractivity contribution in [2.75, 3.05) is 0 Å². The van der Waals surface area contributed by atoms with Gasteiger partial charge in [0.05, 0.1) is 12.0 Å². The fourth-order valence-corrected chi connectivity index (χ4v) is 5.36. The Balaban J connectivity index is 0.000000317. The van der Waals surface area contributed by atoms with Gasteiger partial charge in [-0.2, -0.15) is 0 Å². The average Bonchev–Trinajstić information content (AvgIpc) is 3.65. The SMILES string of the molecule is [CH]1C=CC=C1.[N-]=O.[Re].[S-]Cc1ccco1.c1ccc(P(c2ccccc2)c2ccccc2)cc1. The van der Waals surface area contributed by atoms with E-state index in [9.17, 15) is 0 Å². The zero-order valence-electron chi connectivity index (χ0n) is 18.5. The van der Waals surface area contributed by atoms with Gasteiger partial charge in [-0.15, -0.1) is 5.75 Å². The van der Waals surface area contributed by atoms with E-state index in [1.165, 1.54) is 15.9 Å². The van der Waals surface area contributed by atoms with Gasteiger partial charge >= 0.3 is 0 Å². The summed E-state index contributed by atoms with van der Waals surface area (Å²) in [5, 5.41) is 4.19. The van der Waals surface area contributed by atoms with Crippen LogP contribution in [0.2, 0.25) is 0 Å². The first kappa shape index (κ1) is 29.5. The van der Waals surface area contributed by atoms with Crippen LogP contribution in [0.4, 0.5) is 0 Å². The zero-order valence-corrected chi connectivity index (χ0v) is 22.9. The molecule has 1 aliphatic carbocycles. The Kier molecular flexibility index (Phi) is 16.3. The normalized spacial score (nSPS) is 10.5. The van der Waals surface area contributed by atoms with E-state index in [2.05, 4.69) is 104 Å². The van der Waals surface area contributed by atoms with E-state index >= 15 is 0 Å². The molecule has 0 bridgehead atoms. The van der Waals surface area contributed by atoms with Crippen LogP contribution in [0.25, 0.3) is 5.59 Å². The van der Waals surface area contributed by atoms with Crippen molar-refractivity contribution >= 4 is 36.5 Å². The molecule has 0 spiro atoms. The van der Waals surface area contributed by atoms with E-state index in [1.807, 2.05) is 42.9 Å². The quantitative estimate of drug-likeness (QED) is 0.189. The number of nitroso groups, excluding NO2 is 1. The maximum absolute atomic E-state index is 7.25. The van der Waals surface area contributed by atoms with E-state index in [-0.39, 0.29) is 20.4 Å². The molecule has 1 heterocycles. The van der Waals surface area contributed by atoms with Crippen molar-refractivity contribution in [1.82, 2.24) is 0 Å². The van der Waals surface area contributed by atoms with Crippen molar-refractivity contribution in [3.05, 3.63) is 156 Å². The van der Waals surface area contributed by atoms with Gasteiger partial charge in [0, 0.05) is 26.8 Å². The summed E-state index contributed by atoms with van der Waals surface area (Å²) in [5.74, 6) is 1.45. The topological polar surface area (TPSA) is 52.5 Å². The molecule has 0 saturated carbocycles. The first-order valence-electron chi connectivity index (χ1n) is 10.3. The molecule has 0 unspecified atom stereocenters. The molecule has 0 N–H and O–H groups in total. The smallest absolute Gasteiger partial charge is 0.0905 e. The maximum atomic E-state index is 7.25. The Morgan fingerprint density at radius 3 is 1.26 bits per heavy atom. The summed E-state index contributed by atoms with van der Waals surface area (Å²) in [7, 11) is -0.446. The van der Waals surface area contributed by atoms with Crippen LogP contribution >= 0.6 is 7.92 Å². The van der Waals surface area contributed by atoms with Crippen LogP contribution in [0.1, 0.15) is 5.76 Å². The summed E-state index contributed by atoms with van der Waals surface area (Å²) >= 11 is 4.68. The zero-order chi connectivity index (χ0) is 23.6. The van der Waals surface area contributed by atoms with Crippen molar-refractivity contribution in [3.63, 3.8) is 0 Å². The van der Waals surface area contributed by atoms with Gasteiger partial charge < -0.3 is 27.5 Å². The molecule has 0 amide bonds. The molecule has 0 saturated heterocycles. The molecular formula is C28H25NO2PReS-2. The third-order valence-electron chi connectivity index (χ3n) is 4.32. The van der Waals surface area contributed by atoms with Crippen molar-refractivity contribution in [1.29, 1.82) is 0 Å². The predicted octanol–water partition coefficient (Wildman–Crippen LogP) is 6.41. The maximum Gasteiger partial charge on any atom is 0.0905 e. The van der Waals surface area contributed by atoms with E-state index in [0.29, 0.717) is 5.75 Å². The van der Waals surface area contributed by atoms with Crippen LogP contribution in [0.15, 0.2) is 138 Å². The molecule has 6 heteroatoms. The van der Waals surface area contributed by atoms with Crippen LogP contribution in [-0.4, -0.2) is 0 Å². The number of benzene rings is 3. The number of hydrogen-bond acceptors (Lipinski definition) is 3. The second-order valence-electron chi connectivity index (χ2n) is 6.53. The summed E-state index contributed by atoms with van der Waals surface area (Å²) in [6, 6.07) is 36.0. The second-order valence-corrected chi connectivity index (χ2v) is 9.04. The predicted molar refractivity (Wildman–Crippen MR) is 144 cm³/mol. The average molecular weight is 657 g/mol. The number of furan rings is 1. The third kappa shape index (κ3) is 10.6. The van der Waals surface area contributed by atoms with Crippen LogP contribution in [0, 0.1) is 11.3 Å². The summed E-state index contributed by atoms with van der Waals surface area (Å²) in [5.41, 5.74) is 5.75. The first-order chi connectivity index (χ1) is 16.4. The van der Waals surface area contributed by atoms with Gasteiger partial charge in [0.25, 0.3) is 0 Å². The van der Waals surface area contributed by atoms with Gasteiger partial charge in [-0.1, -0.05) is 115 Å². The third-order valence-corrected chi connectivity index (χ3v) is 7.05. The fourth-order valence-electron chi connectivity index (χ4n) is 2.89. The van der Waals surface area contributed by atoms with Gasteiger partial charge in [-0.25, -0.2) is 0 Å². The van der Waals surface area contributed by atoms with Gasteiger partial charge in [0.15, 0.2) is 0 Å². The largest absolute Gasteiger partial charge is 0.785 e. The molecule has 34 heavy (non-hydrogen) atoms. The summed E-state index contributed by atoms with van der Waals surface area (Å²) in [6.45, 7) is 0.